The molecule has 3 aromatic rings. The minimum Gasteiger partial charge on any atom is -0.405 e. The quantitative estimate of drug-likeness (QED) is 0.481. The summed E-state index contributed by atoms with van der Waals surface area (Å²) in [4.78, 5) is 29.5. The molecule has 2 aromatic heterocycles. The number of nitrogen functional groups attached to an aromatic ring is 1. The van der Waals surface area contributed by atoms with Crippen LogP contribution in [0.1, 0.15) is 41.3 Å². The van der Waals surface area contributed by atoms with Crippen LogP contribution in [0.25, 0.3) is 16.9 Å². The topological polar surface area (TPSA) is 129 Å². The van der Waals surface area contributed by atoms with Gasteiger partial charge in [-0.15, -0.1) is 18.3 Å². The minimum atomic E-state index is -4.91. The largest absolute Gasteiger partial charge is 0.573 e. The van der Waals surface area contributed by atoms with Gasteiger partial charge in [0.1, 0.15) is 11.3 Å². The first-order chi connectivity index (χ1) is 16.0. The zero-order valence-electron chi connectivity index (χ0n) is 18.5. The Labute approximate surface area is 192 Å². The number of hydrogen-bond acceptors (Lipinski definition) is 6. The first-order valence-electron chi connectivity index (χ1n) is 10.5. The molecule has 2 heterocycles. The highest BCUT2D eigenvalue weighted by molar-refractivity contribution is 6.03. The molecule has 1 saturated carbocycles. The van der Waals surface area contributed by atoms with Crippen molar-refractivity contribution in [2.24, 2.45) is 11.7 Å². The molecule has 4 N–H and O–H groups in total. The van der Waals surface area contributed by atoms with Crippen molar-refractivity contribution in [3.05, 3.63) is 41.1 Å². The van der Waals surface area contributed by atoms with Gasteiger partial charge in [-0.2, -0.15) is 0 Å². The highest BCUT2D eigenvalue weighted by atomic mass is 19.4. The third-order valence-corrected chi connectivity index (χ3v) is 6.06. The van der Waals surface area contributed by atoms with Crippen molar-refractivity contribution in [3.8, 4) is 17.0 Å². The van der Waals surface area contributed by atoms with E-state index in [-0.39, 0.29) is 40.9 Å². The number of amides is 2. The second kappa shape index (κ2) is 8.50. The molecule has 0 bridgehead atoms. The fourth-order valence-electron chi connectivity index (χ4n) is 3.95. The van der Waals surface area contributed by atoms with Crippen LogP contribution in [-0.2, 0) is 11.3 Å². The number of alkyl halides is 3. The van der Waals surface area contributed by atoms with Gasteiger partial charge < -0.3 is 21.1 Å². The van der Waals surface area contributed by atoms with Gasteiger partial charge in [-0.25, -0.2) is 9.50 Å². The summed E-state index contributed by atoms with van der Waals surface area (Å²) in [5.41, 5.74) is 12.4. The molecule has 1 aliphatic rings. The molecule has 34 heavy (non-hydrogen) atoms. The smallest absolute Gasteiger partial charge is 0.405 e. The van der Waals surface area contributed by atoms with Crippen LogP contribution in [0.3, 0.4) is 0 Å². The van der Waals surface area contributed by atoms with Gasteiger partial charge in [0.05, 0.1) is 5.69 Å². The number of rotatable bonds is 8. The molecule has 0 spiro atoms. The maximum absolute atomic E-state index is 13.1. The number of aromatic nitrogens is 3. The van der Waals surface area contributed by atoms with Crippen LogP contribution in [0.2, 0.25) is 0 Å². The van der Waals surface area contributed by atoms with Gasteiger partial charge in [-0.05, 0) is 61.9 Å². The van der Waals surface area contributed by atoms with Crippen LogP contribution in [0, 0.1) is 12.8 Å². The number of nitrogens with zero attached hydrogens (tertiary/aromatic N) is 4. The molecule has 2 amide bonds. The summed E-state index contributed by atoms with van der Waals surface area (Å²) in [6.45, 7) is 3.52. The summed E-state index contributed by atoms with van der Waals surface area (Å²) < 4.78 is 44.9. The second-order valence-electron chi connectivity index (χ2n) is 8.37. The van der Waals surface area contributed by atoms with E-state index in [1.165, 1.54) is 29.8 Å². The van der Waals surface area contributed by atoms with Crippen LogP contribution >= 0.6 is 0 Å². The first kappa shape index (κ1) is 23.3. The Morgan fingerprint density at radius 1 is 1.38 bits per heavy atom. The van der Waals surface area contributed by atoms with Gasteiger partial charge in [0.15, 0.2) is 11.5 Å². The number of fused-ring (bicyclic) bond motifs is 1. The number of ether oxygens (including phenoxy) is 1. The molecule has 4 rings (SSSR count). The van der Waals surface area contributed by atoms with E-state index in [0.717, 1.165) is 12.8 Å². The number of carbonyl (C=O) groups excluding carboxylic acids is 2. The molecule has 9 nitrogen and oxygen atoms in total. The summed E-state index contributed by atoms with van der Waals surface area (Å²) in [6.07, 6.45) is -0.723. The molecule has 1 aliphatic carbocycles. The van der Waals surface area contributed by atoms with Gasteiger partial charge in [0.25, 0.3) is 5.91 Å². The summed E-state index contributed by atoms with van der Waals surface area (Å²) in [7, 11) is 0. The average molecular weight is 476 g/mol. The standard InChI is InChI=1S/C22H23F3N6O3/c1-11-15(9-30(10-32)12(2)13-3-4-13)7-14(8-17(11)34-22(23,24)25)16-5-6-31-21(28-16)18(20(27)33)19(26)29-31/h5-8,10,12-13H,3-4,9H2,1-2H3,(H2,26,29)(H2,27,33). The van der Waals surface area contributed by atoms with Crippen LogP contribution < -0.4 is 16.2 Å². The van der Waals surface area contributed by atoms with E-state index in [1.807, 2.05) is 6.92 Å². The lowest BCUT2D eigenvalue weighted by atomic mass is 10.0. The molecule has 0 saturated heterocycles. The van der Waals surface area contributed by atoms with Gasteiger partial charge in [0, 0.05) is 24.3 Å². The monoisotopic (exact) mass is 476 g/mol. The zero-order chi connectivity index (χ0) is 24.8. The van der Waals surface area contributed by atoms with Crippen LogP contribution in [-0.4, -0.2) is 44.2 Å². The predicted octanol–water partition coefficient (Wildman–Crippen LogP) is 3.04. The van der Waals surface area contributed by atoms with Crippen molar-refractivity contribution in [1.29, 1.82) is 0 Å². The molecule has 1 unspecified atom stereocenters. The highest BCUT2D eigenvalue weighted by Crippen LogP contribution is 2.37. The van der Waals surface area contributed by atoms with Crippen molar-refractivity contribution in [3.63, 3.8) is 0 Å². The Kier molecular flexibility index (Phi) is 5.84. The molecule has 1 fully saturated rings. The lowest BCUT2D eigenvalue weighted by Crippen LogP contribution is -2.33. The number of anilines is 1. The SMILES string of the molecule is Cc1c(CN(C=O)C(C)C2CC2)cc(-c2ccn3nc(N)c(C(N)=O)c3n2)cc1OC(F)(F)F. The number of halogens is 3. The van der Waals surface area contributed by atoms with E-state index in [2.05, 4.69) is 14.8 Å². The van der Waals surface area contributed by atoms with Crippen molar-refractivity contribution in [1.82, 2.24) is 19.5 Å². The third-order valence-electron chi connectivity index (χ3n) is 6.06. The Morgan fingerprint density at radius 3 is 2.68 bits per heavy atom. The average Bonchev–Trinajstić information content (AvgIpc) is 3.54. The van der Waals surface area contributed by atoms with E-state index in [4.69, 9.17) is 11.5 Å². The van der Waals surface area contributed by atoms with Crippen LogP contribution in [0.15, 0.2) is 24.4 Å². The molecule has 0 radical (unpaired) electrons. The molecular weight excluding hydrogens is 453 g/mol. The maximum atomic E-state index is 13.1. The number of nitrogens with two attached hydrogens (primary N) is 2. The fourth-order valence-corrected chi connectivity index (χ4v) is 3.95. The molecule has 1 atom stereocenters. The van der Waals surface area contributed by atoms with Crippen molar-refractivity contribution in [2.45, 2.75) is 45.6 Å². The summed E-state index contributed by atoms with van der Waals surface area (Å²) in [6, 6.07) is 4.33. The lowest BCUT2D eigenvalue weighted by molar-refractivity contribution is -0.274. The van der Waals surface area contributed by atoms with E-state index >= 15 is 0 Å². The Bertz CT molecular complexity index is 1270. The lowest BCUT2D eigenvalue weighted by Gasteiger charge is -2.27. The molecule has 0 aliphatic heterocycles. The summed E-state index contributed by atoms with van der Waals surface area (Å²) in [5, 5.41) is 3.97. The third kappa shape index (κ3) is 4.61. The molecule has 12 heteroatoms. The minimum absolute atomic E-state index is 0.0464. The normalized spacial score (nSPS) is 14.7. The second-order valence-corrected chi connectivity index (χ2v) is 8.37. The summed E-state index contributed by atoms with van der Waals surface area (Å²) in [5.74, 6) is -0.977. The Hall–Kier alpha value is -3.83. The van der Waals surface area contributed by atoms with E-state index < -0.39 is 18.0 Å². The van der Waals surface area contributed by atoms with Gasteiger partial charge >= 0.3 is 6.36 Å². The zero-order valence-corrected chi connectivity index (χ0v) is 18.5. The Morgan fingerprint density at radius 2 is 2.09 bits per heavy atom. The van der Waals surface area contributed by atoms with Gasteiger partial charge in [0.2, 0.25) is 6.41 Å². The number of benzene rings is 1. The Balaban J connectivity index is 1.82. The maximum Gasteiger partial charge on any atom is 0.573 e. The number of hydrogen-bond donors (Lipinski definition) is 2. The number of carbonyl (C=O) groups is 2. The van der Waals surface area contributed by atoms with Crippen LogP contribution in [0.5, 0.6) is 5.75 Å². The first-order valence-corrected chi connectivity index (χ1v) is 10.5. The van der Waals surface area contributed by atoms with E-state index in [1.54, 1.807) is 11.0 Å². The van der Waals surface area contributed by atoms with E-state index in [9.17, 15) is 22.8 Å². The highest BCUT2D eigenvalue weighted by Gasteiger charge is 2.34. The summed E-state index contributed by atoms with van der Waals surface area (Å²) >= 11 is 0. The molecule has 1 aromatic carbocycles. The predicted molar refractivity (Wildman–Crippen MR) is 117 cm³/mol. The van der Waals surface area contributed by atoms with Crippen molar-refractivity contribution < 1.29 is 27.5 Å². The van der Waals surface area contributed by atoms with Gasteiger partial charge in [-0.3, -0.25) is 9.59 Å². The molecule has 180 valence electrons. The fraction of sp³-hybridized carbons (Fsp3) is 0.364. The van der Waals surface area contributed by atoms with Gasteiger partial charge in [-0.1, -0.05) is 0 Å². The van der Waals surface area contributed by atoms with Crippen molar-refractivity contribution in [2.75, 3.05) is 5.73 Å². The van der Waals surface area contributed by atoms with Crippen LogP contribution in [0.4, 0.5) is 19.0 Å². The van der Waals surface area contributed by atoms with E-state index in [0.29, 0.717) is 23.5 Å². The van der Waals surface area contributed by atoms with Crippen molar-refractivity contribution >= 4 is 23.8 Å². The number of primary amides is 1. The molecular formula is C22H23F3N6O3.